The average molecular weight is 234 g/mol. The quantitative estimate of drug-likeness (QED) is 0.712. The molecular formula is C14H22N2O. The number of carbonyl (C=O) groups is 1. The largest absolute Gasteiger partial charge is 0.326 e. The van der Waals surface area contributed by atoms with Crippen LogP contribution in [0, 0.1) is 0 Å². The summed E-state index contributed by atoms with van der Waals surface area (Å²) in [5, 5.41) is 6.22. The van der Waals surface area contributed by atoms with Crippen molar-refractivity contribution in [3.63, 3.8) is 0 Å². The van der Waals surface area contributed by atoms with Crippen molar-refractivity contribution >= 4 is 11.6 Å². The number of rotatable bonds is 7. The molecule has 0 aromatic heterocycles. The molecule has 0 radical (unpaired) electrons. The Morgan fingerprint density at radius 1 is 1.12 bits per heavy atom. The zero-order valence-corrected chi connectivity index (χ0v) is 10.8. The Hall–Kier alpha value is -1.35. The second-order valence-electron chi connectivity index (χ2n) is 4.17. The first-order valence-corrected chi connectivity index (χ1v) is 6.35. The standard InChI is InChI=1S/C14H22N2O/c1-3-5-14(17)16-13-8-6-12(7-9-13)11-15-10-4-2/h6-9,15H,3-5,10-11H2,1-2H3,(H,16,17). The third-order valence-corrected chi connectivity index (χ3v) is 2.47. The minimum absolute atomic E-state index is 0.0874. The predicted molar refractivity (Wildman–Crippen MR) is 72.0 cm³/mol. The fourth-order valence-electron chi connectivity index (χ4n) is 1.57. The number of hydrogen-bond acceptors (Lipinski definition) is 2. The van der Waals surface area contributed by atoms with Crippen molar-refractivity contribution in [2.24, 2.45) is 0 Å². The summed E-state index contributed by atoms with van der Waals surface area (Å²) in [5.74, 6) is 0.0874. The summed E-state index contributed by atoms with van der Waals surface area (Å²) in [6.07, 6.45) is 2.61. The minimum Gasteiger partial charge on any atom is -0.326 e. The van der Waals surface area contributed by atoms with Gasteiger partial charge in [-0.2, -0.15) is 0 Å². The van der Waals surface area contributed by atoms with Gasteiger partial charge in [-0.25, -0.2) is 0 Å². The molecule has 0 bridgehead atoms. The van der Waals surface area contributed by atoms with Gasteiger partial charge in [-0.05, 0) is 37.1 Å². The second kappa shape index (κ2) is 7.85. The summed E-state index contributed by atoms with van der Waals surface area (Å²) in [4.78, 5) is 11.4. The highest BCUT2D eigenvalue weighted by molar-refractivity contribution is 5.90. The molecule has 3 nitrogen and oxygen atoms in total. The molecule has 0 aliphatic carbocycles. The summed E-state index contributed by atoms with van der Waals surface area (Å²) >= 11 is 0. The molecule has 0 spiro atoms. The molecular weight excluding hydrogens is 212 g/mol. The predicted octanol–water partition coefficient (Wildman–Crippen LogP) is 2.92. The van der Waals surface area contributed by atoms with E-state index in [0.717, 1.165) is 31.6 Å². The summed E-state index contributed by atoms with van der Waals surface area (Å²) in [6.45, 7) is 6.08. The van der Waals surface area contributed by atoms with Gasteiger partial charge in [0, 0.05) is 18.7 Å². The highest BCUT2D eigenvalue weighted by atomic mass is 16.1. The molecule has 0 saturated carbocycles. The van der Waals surface area contributed by atoms with Gasteiger partial charge in [-0.15, -0.1) is 0 Å². The van der Waals surface area contributed by atoms with E-state index in [1.807, 2.05) is 31.2 Å². The fraction of sp³-hybridized carbons (Fsp3) is 0.500. The molecule has 0 aliphatic heterocycles. The van der Waals surface area contributed by atoms with Crippen LogP contribution < -0.4 is 10.6 Å². The topological polar surface area (TPSA) is 41.1 Å². The lowest BCUT2D eigenvalue weighted by atomic mass is 10.2. The molecule has 1 amide bonds. The lowest BCUT2D eigenvalue weighted by molar-refractivity contribution is -0.116. The van der Waals surface area contributed by atoms with Crippen LogP contribution in [-0.4, -0.2) is 12.5 Å². The van der Waals surface area contributed by atoms with Gasteiger partial charge in [0.15, 0.2) is 0 Å². The molecule has 0 heterocycles. The van der Waals surface area contributed by atoms with Crippen LogP contribution in [0.3, 0.4) is 0 Å². The Labute approximate surface area is 104 Å². The number of nitrogens with one attached hydrogen (secondary N) is 2. The van der Waals surface area contributed by atoms with Crippen molar-refractivity contribution < 1.29 is 4.79 Å². The van der Waals surface area contributed by atoms with Crippen LogP contribution in [0.4, 0.5) is 5.69 Å². The van der Waals surface area contributed by atoms with E-state index < -0.39 is 0 Å². The van der Waals surface area contributed by atoms with E-state index in [-0.39, 0.29) is 5.91 Å². The van der Waals surface area contributed by atoms with Gasteiger partial charge in [0.25, 0.3) is 0 Å². The van der Waals surface area contributed by atoms with Crippen molar-refractivity contribution in [2.45, 2.75) is 39.7 Å². The van der Waals surface area contributed by atoms with Crippen LogP contribution in [0.1, 0.15) is 38.7 Å². The van der Waals surface area contributed by atoms with Crippen LogP contribution in [0.25, 0.3) is 0 Å². The number of benzene rings is 1. The lowest BCUT2D eigenvalue weighted by Gasteiger charge is -2.06. The summed E-state index contributed by atoms with van der Waals surface area (Å²) in [6, 6.07) is 8.00. The van der Waals surface area contributed by atoms with Crippen molar-refractivity contribution in [1.82, 2.24) is 5.32 Å². The third kappa shape index (κ3) is 5.50. The summed E-state index contributed by atoms with van der Waals surface area (Å²) in [7, 11) is 0. The van der Waals surface area contributed by atoms with Crippen LogP contribution >= 0.6 is 0 Å². The van der Waals surface area contributed by atoms with Gasteiger partial charge in [0.05, 0.1) is 0 Å². The number of amides is 1. The Morgan fingerprint density at radius 3 is 2.41 bits per heavy atom. The van der Waals surface area contributed by atoms with Gasteiger partial charge in [0.2, 0.25) is 5.91 Å². The van der Waals surface area contributed by atoms with E-state index in [1.54, 1.807) is 0 Å². The Bertz CT molecular complexity index is 333. The SMILES string of the molecule is CCCNCc1ccc(NC(=O)CCC)cc1. The zero-order chi connectivity index (χ0) is 12.5. The molecule has 0 atom stereocenters. The van der Waals surface area contributed by atoms with Gasteiger partial charge < -0.3 is 10.6 Å². The molecule has 1 aromatic carbocycles. The normalized spacial score (nSPS) is 10.2. The molecule has 94 valence electrons. The van der Waals surface area contributed by atoms with Crippen molar-refractivity contribution in [3.8, 4) is 0 Å². The Morgan fingerprint density at radius 2 is 1.82 bits per heavy atom. The van der Waals surface area contributed by atoms with Crippen molar-refractivity contribution in [1.29, 1.82) is 0 Å². The molecule has 1 rings (SSSR count). The smallest absolute Gasteiger partial charge is 0.224 e. The molecule has 0 aliphatic rings. The maximum absolute atomic E-state index is 11.4. The van der Waals surface area contributed by atoms with Gasteiger partial charge in [-0.1, -0.05) is 26.0 Å². The molecule has 0 fully saturated rings. The van der Waals surface area contributed by atoms with E-state index in [1.165, 1.54) is 5.56 Å². The molecule has 0 unspecified atom stereocenters. The monoisotopic (exact) mass is 234 g/mol. The highest BCUT2D eigenvalue weighted by Crippen LogP contribution is 2.10. The molecule has 0 saturated heterocycles. The van der Waals surface area contributed by atoms with Crippen LogP contribution in [-0.2, 0) is 11.3 Å². The summed E-state index contributed by atoms with van der Waals surface area (Å²) in [5.41, 5.74) is 2.12. The maximum Gasteiger partial charge on any atom is 0.224 e. The van der Waals surface area contributed by atoms with Gasteiger partial charge >= 0.3 is 0 Å². The van der Waals surface area contributed by atoms with E-state index in [2.05, 4.69) is 17.6 Å². The first-order chi connectivity index (χ1) is 8.26. The zero-order valence-electron chi connectivity index (χ0n) is 10.8. The number of carbonyl (C=O) groups excluding carboxylic acids is 1. The molecule has 2 N–H and O–H groups in total. The first-order valence-electron chi connectivity index (χ1n) is 6.35. The van der Waals surface area contributed by atoms with Gasteiger partial charge in [0.1, 0.15) is 0 Å². The average Bonchev–Trinajstić information content (AvgIpc) is 2.32. The fourth-order valence-corrected chi connectivity index (χ4v) is 1.57. The maximum atomic E-state index is 11.4. The van der Waals surface area contributed by atoms with E-state index in [9.17, 15) is 4.79 Å². The first kappa shape index (κ1) is 13.7. The third-order valence-electron chi connectivity index (χ3n) is 2.47. The minimum atomic E-state index is 0.0874. The summed E-state index contributed by atoms with van der Waals surface area (Å²) < 4.78 is 0. The van der Waals surface area contributed by atoms with Gasteiger partial charge in [-0.3, -0.25) is 4.79 Å². The molecule has 1 aromatic rings. The van der Waals surface area contributed by atoms with E-state index in [4.69, 9.17) is 0 Å². The van der Waals surface area contributed by atoms with E-state index >= 15 is 0 Å². The van der Waals surface area contributed by atoms with Crippen molar-refractivity contribution in [2.75, 3.05) is 11.9 Å². The highest BCUT2D eigenvalue weighted by Gasteiger charge is 2.00. The Kier molecular flexibility index (Phi) is 6.33. The van der Waals surface area contributed by atoms with Crippen molar-refractivity contribution in [3.05, 3.63) is 29.8 Å². The second-order valence-corrected chi connectivity index (χ2v) is 4.17. The number of hydrogen-bond donors (Lipinski definition) is 2. The lowest BCUT2D eigenvalue weighted by Crippen LogP contribution is -2.14. The molecule has 17 heavy (non-hydrogen) atoms. The Balaban J connectivity index is 2.41. The van der Waals surface area contributed by atoms with E-state index in [0.29, 0.717) is 6.42 Å². The molecule has 3 heteroatoms. The van der Waals surface area contributed by atoms with Crippen LogP contribution in [0.2, 0.25) is 0 Å². The van der Waals surface area contributed by atoms with Crippen LogP contribution in [0.15, 0.2) is 24.3 Å². The van der Waals surface area contributed by atoms with Crippen LogP contribution in [0.5, 0.6) is 0 Å². The number of anilines is 1.